The number of halogens is 1. The van der Waals surface area contributed by atoms with E-state index in [2.05, 4.69) is 6.07 Å². The van der Waals surface area contributed by atoms with Crippen LogP contribution < -0.4 is 0 Å². The van der Waals surface area contributed by atoms with Crippen molar-refractivity contribution in [2.45, 2.75) is 6.54 Å². The average molecular weight is 414 g/mol. The molecule has 0 amide bonds. The molecule has 0 fully saturated rings. The SMILES string of the molecule is N#CC(=Cc1nn(Cc2ccccc2)c2cc(Cl)ccc12)c1ccc(C(=O)O)cc1. The van der Waals surface area contributed by atoms with Crippen molar-refractivity contribution in [1.29, 1.82) is 5.26 Å². The molecule has 4 aromatic rings. The van der Waals surface area contributed by atoms with Crippen LogP contribution in [0.3, 0.4) is 0 Å². The lowest BCUT2D eigenvalue weighted by molar-refractivity contribution is 0.0697. The second kappa shape index (κ2) is 8.24. The summed E-state index contributed by atoms with van der Waals surface area (Å²) in [5.41, 5.74) is 3.81. The summed E-state index contributed by atoms with van der Waals surface area (Å²) in [6.45, 7) is 0.570. The summed E-state index contributed by atoms with van der Waals surface area (Å²) in [4.78, 5) is 11.1. The lowest BCUT2D eigenvalue weighted by Crippen LogP contribution is -2.01. The maximum Gasteiger partial charge on any atom is 0.335 e. The minimum absolute atomic E-state index is 0.170. The third-order valence-corrected chi connectivity index (χ3v) is 5.00. The normalized spacial score (nSPS) is 11.4. The molecule has 5 nitrogen and oxygen atoms in total. The molecule has 0 spiro atoms. The molecule has 0 saturated heterocycles. The van der Waals surface area contributed by atoms with Crippen LogP contribution >= 0.6 is 11.6 Å². The first-order valence-corrected chi connectivity index (χ1v) is 9.58. The number of carboxylic acids is 1. The number of fused-ring (bicyclic) bond motifs is 1. The highest BCUT2D eigenvalue weighted by molar-refractivity contribution is 6.31. The Morgan fingerprint density at radius 2 is 1.77 bits per heavy atom. The van der Waals surface area contributed by atoms with Crippen molar-refractivity contribution in [3.05, 3.63) is 100 Å². The average Bonchev–Trinajstić information content (AvgIpc) is 3.09. The first-order chi connectivity index (χ1) is 14.5. The smallest absolute Gasteiger partial charge is 0.335 e. The quantitative estimate of drug-likeness (QED) is 0.438. The summed E-state index contributed by atoms with van der Waals surface area (Å²) in [5, 5.41) is 25.0. The molecule has 1 aromatic heterocycles. The molecule has 0 saturated carbocycles. The van der Waals surface area contributed by atoms with E-state index >= 15 is 0 Å². The minimum atomic E-state index is -1.01. The number of hydrogen-bond acceptors (Lipinski definition) is 3. The van der Waals surface area contributed by atoms with Gasteiger partial charge in [0.25, 0.3) is 0 Å². The largest absolute Gasteiger partial charge is 0.478 e. The van der Waals surface area contributed by atoms with E-state index in [0.717, 1.165) is 16.5 Å². The molecule has 0 atom stereocenters. The molecule has 0 aliphatic rings. The molecule has 0 radical (unpaired) electrons. The van der Waals surface area contributed by atoms with Crippen molar-refractivity contribution in [1.82, 2.24) is 9.78 Å². The van der Waals surface area contributed by atoms with Crippen LogP contribution in [0.2, 0.25) is 5.02 Å². The van der Waals surface area contributed by atoms with Gasteiger partial charge in [-0.1, -0.05) is 54.1 Å². The van der Waals surface area contributed by atoms with Crippen LogP contribution in [0.5, 0.6) is 0 Å². The molecule has 146 valence electrons. The van der Waals surface area contributed by atoms with Crippen LogP contribution in [0.4, 0.5) is 0 Å². The Morgan fingerprint density at radius 3 is 2.43 bits per heavy atom. The molecule has 3 aromatic carbocycles. The van der Waals surface area contributed by atoms with Crippen LogP contribution in [-0.4, -0.2) is 20.9 Å². The maximum atomic E-state index is 11.1. The van der Waals surface area contributed by atoms with E-state index in [1.165, 1.54) is 12.1 Å². The Hall–Kier alpha value is -3.88. The van der Waals surface area contributed by atoms with Crippen LogP contribution in [0.1, 0.15) is 27.2 Å². The molecule has 6 heteroatoms. The number of aromatic carboxylic acids is 1. The highest BCUT2D eigenvalue weighted by atomic mass is 35.5. The number of nitriles is 1. The second-order valence-corrected chi connectivity index (χ2v) is 7.18. The predicted molar refractivity (Wildman–Crippen MR) is 117 cm³/mol. The first-order valence-electron chi connectivity index (χ1n) is 9.20. The Balaban J connectivity index is 1.79. The third-order valence-electron chi connectivity index (χ3n) is 4.76. The molecule has 4 rings (SSSR count). The van der Waals surface area contributed by atoms with E-state index in [4.69, 9.17) is 21.8 Å². The van der Waals surface area contributed by atoms with Gasteiger partial charge in [0.1, 0.15) is 0 Å². The van der Waals surface area contributed by atoms with Gasteiger partial charge in [0.2, 0.25) is 0 Å². The fraction of sp³-hybridized carbons (Fsp3) is 0.0417. The van der Waals surface area contributed by atoms with E-state index in [1.54, 1.807) is 24.3 Å². The number of allylic oxidation sites excluding steroid dienone is 1. The Labute approximate surface area is 178 Å². The number of carbonyl (C=O) groups is 1. The molecule has 0 aliphatic carbocycles. The van der Waals surface area contributed by atoms with Crippen molar-refractivity contribution in [2.24, 2.45) is 0 Å². The Bertz CT molecular complexity index is 1300. The molecule has 30 heavy (non-hydrogen) atoms. The summed E-state index contributed by atoms with van der Waals surface area (Å²) >= 11 is 6.22. The molecular weight excluding hydrogens is 398 g/mol. The molecule has 1 heterocycles. The fourth-order valence-corrected chi connectivity index (χ4v) is 3.43. The highest BCUT2D eigenvalue weighted by Crippen LogP contribution is 2.27. The topological polar surface area (TPSA) is 78.9 Å². The van der Waals surface area contributed by atoms with Crippen LogP contribution in [0.15, 0.2) is 72.8 Å². The number of rotatable bonds is 5. The third kappa shape index (κ3) is 3.95. The van der Waals surface area contributed by atoms with Crippen LogP contribution in [0, 0.1) is 11.3 Å². The van der Waals surface area contributed by atoms with Gasteiger partial charge >= 0.3 is 5.97 Å². The van der Waals surface area contributed by atoms with Gasteiger partial charge in [0.15, 0.2) is 0 Å². The highest BCUT2D eigenvalue weighted by Gasteiger charge is 2.12. The first kappa shape index (κ1) is 19.4. The lowest BCUT2D eigenvalue weighted by Gasteiger charge is -2.03. The number of hydrogen-bond donors (Lipinski definition) is 1. The maximum absolute atomic E-state index is 11.1. The van der Waals surface area contributed by atoms with E-state index in [1.807, 2.05) is 47.1 Å². The zero-order valence-electron chi connectivity index (χ0n) is 15.8. The van der Waals surface area contributed by atoms with E-state index in [9.17, 15) is 10.1 Å². The van der Waals surface area contributed by atoms with E-state index < -0.39 is 5.97 Å². The monoisotopic (exact) mass is 413 g/mol. The van der Waals surface area contributed by atoms with E-state index in [0.29, 0.717) is 28.4 Å². The molecule has 0 aliphatic heterocycles. The summed E-state index contributed by atoms with van der Waals surface area (Å²) in [6.07, 6.45) is 1.72. The number of benzene rings is 3. The lowest BCUT2D eigenvalue weighted by atomic mass is 10.0. The van der Waals surface area contributed by atoms with Gasteiger partial charge < -0.3 is 5.11 Å². The Morgan fingerprint density at radius 1 is 1.07 bits per heavy atom. The van der Waals surface area contributed by atoms with Crippen molar-refractivity contribution < 1.29 is 9.90 Å². The van der Waals surface area contributed by atoms with Crippen molar-refractivity contribution in [2.75, 3.05) is 0 Å². The Kier molecular flexibility index (Phi) is 5.34. The van der Waals surface area contributed by atoms with Gasteiger partial charge in [-0.25, -0.2) is 4.79 Å². The predicted octanol–water partition coefficient (Wildman–Crippen LogP) is 5.50. The molecular formula is C24H16ClN3O2. The van der Waals surface area contributed by atoms with Gasteiger partial charge in [0.05, 0.1) is 35.0 Å². The van der Waals surface area contributed by atoms with Gasteiger partial charge in [-0.05, 0) is 47.5 Å². The zero-order chi connectivity index (χ0) is 21.1. The number of nitrogens with zero attached hydrogens (tertiary/aromatic N) is 3. The summed E-state index contributed by atoms with van der Waals surface area (Å²) < 4.78 is 1.87. The second-order valence-electron chi connectivity index (χ2n) is 6.74. The summed E-state index contributed by atoms with van der Waals surface area (Å²) in [6, 6.07) is 23.9. The standard InChI is InChI=1S/C24H16ClN3O2/c25-20-10-11-21-22(12-19(14-26)17-6-8-18(9-7-17)24(29)30)27-28(23(21)13-20)15-16-4-2-1-3-5-16/h1-13H,15H2,(H,29,30). The summed E-state index contributed by atoms with van der Waals surface area (Å²) in [7, 11) is 0. The van der Waals surface area contributed by atoms with Crippen LogP contribution in [-0.2, 0) is 6.54 Å². The number of aromatic nitrogens is 2. The summed E-state index contributed by atoms with van der Waals surface area (Å²) in [5.74, 6) is -1.01. The van der Waals surface area contributed by atoms with Gasteiger partial charge in [-0.3, -0.25) is 4.68 Å². The van der Waals surface area contributed by atoms with Crippen molar-refractivity contribution >= 4 is 40.1 Å². The zero-order valence-corrected chi connectivity index (χ0v) is 16.5. The van der Waals surface area contributed by atoms with Crippen molar-refractivity contribution in [3.63, 3.8) is 0 Å². The van der Waals surface area contributed by atoms with E-state index in [-0.39, 0.29) is 5.56 Å². The van der Waals surface area contributed by atoms with Crippen LogP contribution in [0.25, 0.3) is 22.6 Å². The number of carboxylic acid groups (broad SMARTS) is 1. The molecule has 0 unspecified atom stereocenters. The van der Waals surface area contributed by atoms with Gasteiger partial charge in [-0.15, -0.1) is 0 Å². The van der Waals surface area contributed by atoms with Crippen molar-refractivity contribution in [3.8, 4) is 6.07 Å². The molecule has 0 bridgehead atoms. The fourth-order valence-electron chi connectivity index (χ4n) is 3.27. The van der Waals surface area contributed by atoms with Gasteiger partial charge in [0, 0.05) is 10.4 Å². The van der Waals surface area contributed by atoms with Gasteiger partial charge in [-0.2, -0.15) is 10.4 Å². The minimum Gasteiger partial charge on any atom is -0.478 e. The molecule has 1 N–H and O–H groups in total.